The first-order chi connectivity index (χ1) is 14.3. The highest BCUT2D eigenvalue weighted by molar-refractivity contribution is 6.35. The maximum atomic E-state index is 12.9. The maximum Gasteiger partial charge on any atom is 0.266 e. The maximum absolute atomic E-state index is 12.9. The van der Waals surface area contributed by atoms with Gasteiger partial charge in [-0.3, -0.25) is 14.4 Å². The summed E-state index contributed by atoms with van der Waals surface area (Å²) in [5.74, 6) is -0.148. The Hall–Kier alpha value is -3.64. The van der Waals surface area contributed by atoms with Crippen LogP contribution in [0.2, 0.25) is 5.02 Å². The molecule has 30 heavy (non-hydrogen) atoms. The Balaban J connectivity index is 1.62. The van der Waals surface area contributed by atoms with E-state index in [9.17, 15) is 14.4 Å². The van der Waals surface area contributed by atoms with Crippen molar-refractivity contribution in [2.45, 2.75) is 13.8 Å². The second-order valence-corrected chi connectivity index (χ2v) is 7.30. The number of benzene rings is 3. The molecule has 0 saturated carbocycles. The number of anilines is 2. The van der Waals surface area contributed by atoms with E-state index in [1.807, 2.05) is 6.92 Å². The molecule has 0 bridgehead atoms. The summed E-state index contributed by atoms with van der Waals surface area (Å²) >= 11 is 6.16. The van der Waals surface area contributed by atoms with Gasteiger partial charge in [-0.05, 0) is 55.0 Å². The zero-order valence-electron chi connectivity index (χ0n) is 16.2. The first kappa shape index (κ1) is 19.7. The summed E-state index contributed by atoms with van der Waals surface area (Å²) in [4.78, 5) is 38.1. The molecule has 0 fully saturated rings. The van der Waals surface area contributed by atoms with Crippen LogP contribution < -0.4 is 15.0 Å². The van der Waals surface area contributed by atoms with E-state index in [2.05, 4.69) is 5.32 Å². The van der Waals surface area contributed by atoms with Crippen molar-refractivity contribution in [2.24, 2.45) is 0 Å². The number of carbonyl (C=O) groups is 3. The molecule has 0 atom stereocenters. The van der Waals surface area contributed by atoms with E-state index in [0.29, 0.717) is 33.5 Å². The average molecular weight is 421 g/mol. The number of amides is 3. The van der Waals surface area contributed by atoms with Gasteiger partial charge in [0.15, 0.2) is 0 Å². The van der Waals surface area contributed by atoms with Crippen molar-refractivity contribution in [1.29, 1.82) is 0 Å². The van der Waals surface area contributed by atoms with Crippen molar-refractivity contribution < 1.29 is 19.1 Å². The lowest BCUT2D eigenvalue weighted by Gasteiger charge is -2.14. The van der Waals surface area contributed by atoms with Gasteiger partial charge in [0.05, 0.1) is 16.8 Å². The number of imide groups is 1. The van der Waals surface area contributed by atoms with Crippen LogP contribution in [0.1, 0.15) is 33.2 Å². The Morgan fingerprint density at radius 3 is 2.40 bits per heavy atom. The van der Waals surface area contributed by atoms with Crippen molar-refractivity contribution in [2.75, 3.05) is 10.2 Å². The Bertz CT molecular complexity index is 1210. The summed E-state index contributed by atoms with van der Waals surface area (Å²) in [6, 6.07) is 16.7. The summed E-state index contributed by atoms with van der Waals surface area (Å²) in [6.45, 7) is 3.27. The SMILES string of the molecule is CC(=O)Nc1cccc(Oc2ccc3c(c2)C(=O)N(c2ccc(C)c(Cl)c2)C3=O)c1. The largest absolute Gasteiger partial charge is 0.457 e. The number of carbonyl (C=O) groups excluding carboxylic acids is 3. The van der Waals surface area contributed by atoms with Gasteiger partial charge in [-0.25, -0.2) is 4.90 Å². The Labute approximate surface area is 178 Å². The lowest BCUT2D eigenvalue weighted by atomic mass is 10.1. The molecule has 0 saturated heterocycles. The van der Waals surface area contributed by atoms with Crippen LogP contribution in [0.4, 0.5) is 11.4 Å². The molecule has 0 aliphatic carbocycles. The number of hydrogen-bond acceptors (Lipinski definition) is 4. The number of nitrogens with zero attached hydrogens (tertiary/aromatic N) is 1. The van der Waals surface area contributed by atoms with Crippen molar-refractivity contribution in [1.82, 2.24) is 0 Å². The molecular formula is C23H17ClN2O4. The van der Waals surface area contributed by atoms with Crippen LogP contribution in [0.3, 0.4) is 0 Å². The van der Waals surface area contributed by atoms with E-state index in [1.54, 1.807) is 54.6 Å². The van der Waals surface area contributed by atoms with Gasteiger partial charge in [-0.2, -0.15) is 0 Å². The lowest BCUT2D eigenvalue weighted by molar-refractivity contribution is -0.114. The van der Waals surface area contributed by atoms with Gasteiger partial charge in [-0.15, -0.1) is 0 Å². The number of fused-ring (bicyclic) bond motifs is 1. The smallest absolute Gasteiger partial charge is 0.266 e. The summed E-state index contributed by atoms with van der Waals surface area (Å²) in [5, 5.41) is 3.16. The van der Waals surface area contributed by atoms with Crippen molar-refractivity contribution in [3.05, 3.63) is 82.4 Å². The fourth-order valence-corrected chi connectivity index (χ4v) is 3.39. The molecule has 0 spiro atoms. The van der Waals surface area contributed by atoms with Crippen LogP contribution in [0.25, 0.3) is 0 Å². The fourth-order valence-electron chi connectivity index (χ4n) is 3.22. The van der Waals surface area contributed by atoms with Crippen molar-refractivity contribution in [3.8, 4) is 11.5 Å². The summed E-state index contributed by atoms with van der Waals surface area (Å²) in [5.41, 5.74) is 2.43. The lowest BCUT2D eigenvalue weighted by Crippen LogP contribution is -2.29. The highest BCUT2D eigenvalue weighted by Crippen LogP contribution is 2.34. The first-order valence-electron chi connectivity index (χ1n) is 9.18. The van der Waals surface area contributed by atoms with E-state index >= 15 is 0 Å². The molecule has 6 nitrogen and oxygen atoms in total. The summed E-state index contributed by atoms with van der Waals surface area (Å²) in [6.07, 6.45) is 0. The molecule has 3 aromatic rings. The van der Waals surface area contributed by atoms with Crippen molar-refractivity contribution in [3.63, 3.8) is 0 Å². The van der Waals surface area contributed by atoms with Gasteiger partial charge in [0.25, 0.3) is 11.8 Å². The van der Waals surface area contributed by atoms with E-state index in [-0.39, 0.29) is 11.5 Å². The second-order valence-electron chi connectivity index (χ2n) is 6.90. The molecule has 1 N–H and O–H groups in total. The first-order valence-corrected chi connectivity index (χ1v) is 9.56. The highest BCUT2D eigenvalue weighted by Gasteiger charge is 2.37. The van der Waals surface area contributed by atoms with Crippen LogP contribution in [0, 0.1) is 6.92 Å². The second kappa shape index (κ2) is 7.65. The number of halogens is 1. The third-order valence-electron chi connectivity index (χ3n) is 4.66. The molecular weight excluding hydrogens is 404 g/mol. The molecule has 0 aromatic heterocycles. The van der Waals surface area contributed by atoms with Crippen molar-refractivity contribution >= 4 is 40.7 Å². The normalized spacial score (nSPS) is 12.7. The monoisotopic (exact) mass is 420 g/mol. The molecule has 3 amide bonds. The minimum Gasteiger partial charge on any atom is -0.457 e. The molecule has 1 aliphatic rings. The molecule has 0 radical (unpaired) electrons. The molecule has 1 aliphatic heterocycles. The number of nitrogens with one attached hydrogen (secondary N) is 1. The highest BCUT2D eigenvalue weighted by atomic mass is 35.5. The topological polar surface area (TPSA) is 75.7 Å². The van der Waals surface area contributed by atoms with Gasteiger partial charge in [0.1, 0.15) is 11.5 Å². The van der Waals surface area contributed by atoms with Gasteiger partial charge in [-0.1, -0.05) is 23.7 Å². The Kier molecular flexibility index (Phi) is 5.01. The number of aryl methyl sites for hydroxylation is 1. The third-order valence-corrected chi connectivity index (χ3v) is 5.07. The predicted molar refractivity (Wildman–Crippen MR) is 115 cm³/mol. The van der Waals surface area contributed by atoms with E-state index in [0.717, 1.165) is 10.5 Å². The third kappa shape index (κ3) is 3.65. The minimum absolute atomic E-state index is 0.190. The zero-order valence-corrected chi connectivity index (χ0v) is 17.0. The fraction of sp³-hybridized carbons (Fsp3) is 0.0870. The summed E-state index contributed by atoms with van der Waals surface area (Å²) in [7, 11) is 0. The molecule has 0 unspecified atom stereocenters. The van der Waals surface area contributed by atoms with E-state index in [4.69, 9.17) is 16.3 Å². The number of hydrogen-bond donors (Lipinski definition) is 1. The van der Waals surface area contributed by atoms with Crippen LogP contribution in [-0.4, -0.2) is 17.7 Å². The van der Waals surface area contributed by atoms with E-state index in [1.165, 1.54) is 13.0 Å². The van der Waals surface area contributed by atoms with E-state index < -0.39 is 11.8 Å². The Morgan fingerprint density at radius 1 is 0.933 bits per heavy atom. The molecule has 4 rings (SSSR count). The van der Waals surface area contributed by atoms with Crippen LogP contribution in [-0.2, 0) is 4.79 Å². The molecule has 1 heterocycles. The van der Waals surface area contributed by atoms with Gasteiger partial charge in [0, 0.05) is 23.7 Å². The number of ether oxygens (including phenoxy) is 1. The van der Waals surface area contributed by atoms with Crippen LogP contribution in [0.15, 0.2) is 60.7 Å². The average Bonchev–Trinajstić information content (AvgIpc) is 2.94. The molecule has 150 valence electrons. The minimum atomic E-state index is -0.438. The zero-order chi connectivity index (χ0) is 21.4. The standard InChI is InChI=1S/C23H17ClN2O4/c1-13-6-7-16(11-21(13)24)26-22(28)19-9-8-18(12-20(19)23(26)29)30-17-5-3-4-15(10-17)25-14(2)27/h3-12H,1-2H3,(H,25,27). The van der Waals surface area contributed by atoms with Crippen LogP contribution in [0.5, 0.6) is 11.5 Å². The Morgan fingerprint density at radius 2 is 1.67 bits per heavy atom. The van der Waals surface area contributed by atoms with Crippen LogP contribution >= 0.6 is 11.6 Å². The molecule has 3 aromatic carbocycles. The van der Waals surface area contributed by atoms with Gasteiger partial charge < -0.3 is 10.1 Å². The predicted octanol–water partition coefficient (Wildman–Crippen LogP) is 5.20. The quantitative estimate of drug-likeness (QED) is 0.588. The summed E-state index contributed by atoms with van der Waals surface area (Å²) < 4.78 is 5.83. The van der Waals surface area contributed by atoms with Gasteiger partial charge in [0.2, 0.25) is 5.91 Å². The van der Waals surface area contributed by atoms with Gasteiger partial charge >= 0.3 is 0 Å². The molecule has 7 heteroatoms. The number of rotatable bonds is 4.